The number of nitrogens with one attached hydrogen (secondary N) is 1. The summed E-state index contributed by atoms with van der Waals surface area (Å²) in [5.41, 5.74) is 1.82. The number of nitrogens with zero attached hydrogens (tertiary/aromatic N) is 1. The zero-order valence-corrected chi connectivity index (χ0v) is 17.0. The minimum atomic E-state index is -3.79. The molecule has 1 N–H and O–H groups in total. The van der Waals surface area contributed by atoms with Crippen molar-refractivity contribution in [1.82, 2.24) is 9.62 Å². The lowest BCUT2D eigenvalue weighted by Gasteiger charge is -2.23. The molecule has 0 heterocycles. The predicted molar refractivity (Wildman–Crippen MR) is 108 cm³/mol. The van der Waals surface area contributed by atoms with Crippen LogP contribution < -0.4 is 5.32 Å². The summed E-state index contributed by atoms with van der Waals surface area (Å²) in [6.45, 7) is 5.82. The van der Waals surface area contributed by atoms with E-state index in [0.29, 0.717) is 0 Å². The van der Waals surface area contributed by atoms with E-state index in [1.54, 1.807) is 24.3 Å². The Labute approximate surface area is 162 Å². The first-order chi connectivity index (χ1) is 12.8. The molecule has 1 atom stereocenters. The fourth-order valence-electron chi connectivity index (χ4n) is 2.86. The van der Waals surface area contributed by atoms with Crippen molar-refractivity contribution >= 4 is 15.9 Å². The van der Waals surface area contributed by atoms with Gasteiger partial charge in [-0.15, -0.1) is 0 Å². The van der Waals surface area contributed by atoms with E-state index in [2.05, 4.69) is 5.32 Å². The Morgan fingerprint density at radius 2 is 1.70 bits per heavy atom. The first kappa shape index (κ1) is 21.1. The monoisotopic (exact) mass is 388 g/mol. The van der Waals surface area contributed by atoms with Crippen LogP contribution in [0.3, 0.4) is 0 Å². The van der Waals surface area contributed by atoms with Crippen LogP contribution in [0.25, 0.3) is 0 Å². The number of rotatable bonds is 9. The van der Waals surface area contributed by atoms with Crippen LogP contribution in [0.2, 0.25) is 0 Å². The third-order valence-electron chi connectivity index (χ3n) is 4.31. The minimum Gasteiger partial charge on any atom is -0.353 e. The summed E-state index contributed by atoms with van der Waals surface area (Å²) in [5, 5.41) is 2.88. The Morgan fingerprint density at radius 1 is 1.07 bits per heavy atom. The maximum atomic E-state index is 13.1. The van der Waals surface area contributed by atoms with Crippen molar-refractivity contribution in [1.29, 1.82) is 0 Å². The summed E-state index contributed by atoms with van der Waals surface area (Å²) >= 11 is 0. The quantitative estimate of drug-likeness (QED) is 0.715. The van der Waals surface area contributed by atoms with Crippen molar-refractivity contribution in [3.8, 4) is 0 Å². The van der Waals surface area contributed by atoms with E-state index in [9.17, 15) is 13.2 Å². The van der Waals surface area contributed by atoms with Crippen molar-refractivity contribution in [3.05, 3.63) is 65.7 Å². The third kappa shape index (κ3) is 6.19. The lowest BCUT2D eigenvalue weighted by molar-refractivity contribution is -0.122. The third-order valence-corrected chi connectivity index (χ3v) is 6.12. The second-order valence-corrected chi connectivity index (χ2v) is 8.77. The van der Waals surface area contributed by atoms with Crippen molar-refractivity contribution < 1.29 is 13.2 Å². The van der Waals surface area contributed by atoms with E-state index in [1.807, 2.05) is 51.1 Å². The Kier molecular flexibility index (Phi) is 7.56. The first-order valence-corrected chi connectivity index (χ1v) is 10.7. The van der Waals surface area contributed by atoms with Crippen LogP contribution in [0.4, 0.5) is 0 Å². The molecule has 2 aromatic carbocycles. The van der Waals surface area contributed by atoms with Crippen LogP contribution in [-0.4, -0.2) is 31.2 Å². The van der Waals surface area contributed by atoms with Gasteiger partial charge in [0.25, 0.3) is 0 Å². The number of hydrogen-bond acceptors (Lipinski definition) is 3. The average Bonchev–Trinajstić information content (AvgIpc) is 2.62. The molecule has 0 bridgehead atoms. The van der Waals surface area contributed by atoms with E-state index >= 15 is 0 Å². The summed E-state index contributed by atoms with van der Waals surface area (Å²) in [6, 6.07) is 16.0. The highest BCUT2D eigenvalue weighted by atomic mass is 32.2. The number of hydrogen-bond donors (Lipinski definition) is 1. The molecule has 27 heavy (non-hydrogen) atoms. The molecule has 2 rings (SSSR count). The van der Waals surface area contributed by atoms with Crippen molar-refractivity contribution in [2.45, 2.75) is 51.1 Å². The van der Waals surface area contributed by atoms with E-state index in [1.165, 1.54) is 4.31 Å². The second kappa shape index (κ2) is 9.67. The number of carbonyl (C=O) groups excluding carboxylic acids is 1. The zero-order valence-electron chi connectivity index (χ0n) is 16.2. The van der Waals surface area contributed by atoms with Gasteiger partial charge in [-0.3, -0.25) is 4.79 Å². The Balaban J connectivity index is 2.26. The Morgan fingerprint density at radius 3 is 2.30 bits per heavy atom. The van der Waals surface area contributed by atoms with E-state index < -0.39 is 10.0 Å². The van der Waals surface area contributed by atoms with E-state index in [0.717, 1.165) is 24.0 Å². The van der Waals surface area contributed by atoms with Gasteiger partial charge < -0.3 is 5.32 Å². The molecule has 0 aliphatic heterocycles. The second-order valence-electron chi connectivity index (χ2n) is 6.83. The van der Waals surface area contributed by atoms with Gasteiger partial charge in [-0.2, -0.15) is 4.31 Å². The van der Waals surface area contributed by atoms with Crippen LogP contribution in [0.5, 0.6) is 0 Å². The van der Waals surface area contributed by atoms with Crippen LogP contribution >= 0.6 is 0 Å². The number of sulfonamides is 1. The van der Waals surface area contributed by atoms with Gasteiger partial charge in [-0.25, -0.2) is 8.42 Å². The van der Waals surface area contributed by atoms with Gasteiger partial charge in [0.1, 0.15) is 0 Å². The highest BCUT2D eigenvalue weighted by molar-refractivity contribution is 7.89. The molecule has 0 aliphatic rings. The summed E-state index contributed by atoms with van der Waals surface area (Å²) in [5.74, 6) is -0.289. The fraction of sp³-hybridized carbons (Fsp3) is 0.381. The molecule has 0 saturated carbocycles. The maximum absolute atomic E-state index is 13.1. The van der Waals surface area contributed by atoms with Gasteiger partial charge in [0.05, 0.1) is 11.4 Å². The standard InChI is InChI=1S/C21H28N2O3S/c1-4-8-18(3)22-21(24)16-23(15-19-9-6-5-7-10-19)27(25,26)20-13-11-17(2)12-14-20/h5-7,9-14,18H,4,8,15-16H2,1-3H3,(H,22,24)/t18-/m1/s1. The summed E-state index contributed by atoms with van der Waals surface area (Å²) in [6.07, 6.45) is 1.81. The van der Waals surface area contributed by atoms with Crippen molar-refractivity contribution in [2.24, 2.45) is 0 Å². The molecule has 0 saturated heterocycles. The number of aryl methyl sites for hydroxylation is 1. The maximum Gasteiger partial charge on any atom is 0.243 e. The van der Waals surface area contributed by atoms with Crippen LogP contribution in [0, 0.1) is 6.92 Å². The highest BCUT2D eigenvalue weighted by Gasteiger charge is 2.27. The van der Waals surface area contributed by atoms with E-state index in [4.69, 9.17) is 0 Å². The average molecular weight is 389 g/mol. The van der Waals surface area contributed by atoms with Gasteiger partial charge in [-0.05, 0) is 38.0 Å². The number of carbonyl (C=O) groups is 1. The molecule has 1 amide bonds. The molecule has 2 aromatic rings. The smallest absolute Gasteiger partial charge is 0.243 e. The molecule has 5 nitrogen and oxygen atoms in total. The largest absolute Gasteiger partial charge is 0.353 e. The predicted octanol–water partition coefficient (Wildman–Crippen LogP) is 3.49. The number of amides is 1. The van der Waals surface area contributed by atoms with Crippen LogP contribution in [-0.2, 0) is 21.4 Å². The van der Waals surface area contributed by atoms with Crippen molar-refractivity contribution in [3.63, 3.8) is 0 Å². The molecule has 0 fully saturated rings. The van der Waals surface area contributed by atoms with Gasteiger partial charge >= 0.3 is 0 Å². The molecule has 0 aliphatic carbocycles. The molecule has 146 valence electrons. The molecular weight excluding hydrogens is 360 g/mol. The van der Waals surface area contributed by atoms with Crippen molar-refractivity contribution in [2.75, 3.05) is 6.54 Å². The Hall–Kier alpha value is -2.18. The molecule has 0 radical (unpaired) electrons. The van der Waals surface area contributed by atoms with Gasteiger partial charge in [0.2, 0.25) is 15.9 Å². The molecular formula is C21H28N2O3S. The Bertz CT molecular complexity index is 833. The van der Waals surface area contributed by atoms with E-state index in [-0.39, 0.29) is 29.9 Å². The van der Waals surface area contributed by atoms with Crippen LogP contribution in [0.1, 0.15) is 37.8 Å². The summed E-state index contributed by atoms with van der Waals surface area (Å²) in [4.78, 5) is 12.6. The highest BCUT2D eigenvalue weighted by Crippen LogP contribution is 2.19. The normalized spacial score (nSPS) is 12.7. The molecule has 6 heteroatoms. The van der Waals surface area contributed by atoms with Gasteiger partial charge in [-0.1, -0.05) is 61.4 Å². The van der Waals surface area contributed by atoms with Gasteiger partial charge in [0.15, 0.2) is 0 Å². The minimum absolute atomic E-state index is 0.0168. The fourth-order valence-corrected chi connectivity index (χ4v) is 4.24. The topological polar surface area (TPSA) is 66.5 Å². The zero-order chi connectivity index (χ0) is 19.9. The SMILES string of the molecule is CCC[C@@H](C)NC(=O)CN(Cc1ccccc1)S(=O)(=O)c1ccc(C)cc1. The molecule has 0 unspecified atom stereocenters. The van der Waals surface area contributed by atoms with Crippen LogP contribution in [0.15, 0.2) is 59.5 Å². The molecule has 0 spiro atoms. The molecule has 0 aromatic heterocycles. The van der Waals surface area contributed by atoms with Gasteiger partial charge in [0, 0.05) is 12.6 Å². The lowest BCUT2D eigenvalue weighted by Crippen LogP contribution is -2.43. The lowest BCUT2D eigenvalue weighted by atomic mass is 10.2. The summed E-state index contributed by atoms with van der Waals surface area (Å²) in [7, 11) is -3.79. The summed E-state index contributed by atoms with van der Waals surface area (Å²) < 4.78 is 27.5. The number of benzene rings is 2. The first-order valence-electron chi connectivity index (χ1n) is 9.23.